The molecule has 2 heterocycles. The van der Waals surface area contributed by atoms with Crippen molar-refractivity contribution in [2.75, 3.05) is 0 Å². The van der Waals surface area contributed by atoms with E-state index in [2.05, 4.69) is 20.8 Å². The Hall–Kier alpha value is -3.54. The lowest BCUT2D eigenvalue weighted by Crippen LogP contribution is -2.58. The fraction of sp³-hybridized carbons (Fsp3) is 0.622. The van der Waals surface area contributed by atoms with Crippen LogP contribution in [-0.4, -0.2) is 74.0 Å². The first-order valence-corrected chi connectivity index (χ1v) is 16.8. The summed E-state index contributed by atoms with van der Waals surface area (Å²) in [4.78, 5) is 46.2. The monoisotopic (exact) mass is 674 g/mol. The third-order valence-electron chi connectivity index (χ3n) is 8.80. The van der Waals surface area contributed by atoms with Crippen molar-refractivity contribution in [1.29, 1.82) is 0 Å². The highest BCUT2D eigenvalue weighted by Gasteiger charge is 2.54. The Kier molecular flexibility index (Phi) is 16.0. The van der Waals surface area contributed by atoms with Gasteiger partial charge in [0.15, 0.2) is 5.79 Å². The van der Waals surface area contributed by atoms with Crippen molar-refractivity contribution in [3.63, 3.8) is 0 Å². The molecular formula is C37H54O11. The van der Waals surface area contributed by atoms with Crippen LogP contribution in [0, 0.1) is 17.8 Å². The second kappa shape index (κ2) is 18.9. The van der Waals surface area contributed by atoms with E-state index < -0.39 is 47.5 Å². The summed E-state index contributed by atoms with van der Waals surface area (Å²) >= 11 is 0. The van der Waals surface area contributed by atoms with Crippen LogP contribution >= 0.6 is 0 Å². The molecule has 0 aromatic carbocycles. The highest BCUT2D eigenvalue weighted by Crippen LogP contribution is 2.49. The molecule has 0 aromatic heterocycles. The van der Waals surface area contributed by atoms with Crippen LogP contribution in [0.1, 0.15) is 99.3 Å². The van der Waals surface area contributed by atoms with Gasteiger partial charge in [0.1, 0.15) is 5.60 Å². The van der Waals surface area contributed by atoms with Crippen LogP contribution in [0.2, 0.25) is 0 Å². The molecule has 2 aliphatic heterocycles. The predicted molar refractivity (Wildman–Crippen MR) is 180 cm³/mol. The van der Waals surface area contributed by atoms with Gasteiger partial charge in [0.25, 0.3) is 0 Å². The maximum atomic E-state index is 13.0. The Balaban J connectivity index is 2.38. The summed E-state index contributed by atoms with van der Waals surface area (Å²) in [5.41, 5.74) is 0.418. The van der Waals surface area contributed by atoms with E-state index in [1.165, 1.54) is 6.08 Å². The van der Waals surface area contributed by atoms with Crippen LogP contribution in [-0.2, 0) is 33.4 Å². The number of carbonyl (C=O) groups is 4. The highest BCUT2D eigenvalue weighted by atomic mass is 16.7. The molecule has 11 heteroatoms. The summed E-state index contributed by atoms with van der Waals surface area (Å²) in [6, 6.07) is 0. The molecule has 0 amide bonds. The first kappa shape index (κ1) is 40.6. The van der Waals surface area contributed by atoms with Crippen LogP contribution in [0.4, 0.5) is 0 Å². The largest absolute Gasteiger partial charge is 0.481 e. The van der Waals surface area contributed by atoms with Gasteiger partial charge in [-0.25, -0.2) is 9.59 Å². The van der Waals surface area contributed by atoms with Gasteiger partial charge in [-0.15, -0.1) is 0 Å². The first-order chi connectivity index (χ1) is 22.4. The molecule has 11 nitrogen and oxygen atoms in total. The average Bonchev–Trinajstić information content (AvgIpc) is 2.99. The van der Waals surface area contributed by atoms with E-state index in [-0.39, 0.29) is 37.2 Å². The van der Waals surface area contributed by atoms with E-state index in [1.54, 1.807) is 38.2 Å². The van der Waals surface area contributed by atoms with Gasteiger partial charge in [0.2, 0.25) is 0 Å². The van der Waals surface area contributed by atoms with E-state index >= 15 is 0 Å². The minimum atomic E-state index is -1.10. The molecule has 268 valence electrons. The molecule has 4 N–H and O–H groups in total. The number of aliphatic carboxylic acids is 3. The van der Waals surface area contributed by atoms with E-state index in [0.29, 0.717) is 37.2 Å². The third kappa shape index (κ3) is 14.3. The van der Waals surface area contributed by atoms with Gasteiger partial charge in [0, 0.05) is 37.3 Å². The summed E-state index contributed by atoms with van der Waals surface area (Å²) in [7, 11) is 0. The molecule has 2 fully saturated rings. The lowest BCUT2D eigenvalue weighted by molar-refractivity contribution is -0.342. The summed E-state index contributed by atoms with van der Waals surface area (Å²) in [5.74, 6) is -4.81. The Morgan fingerprint density at radius 1 is 0.938 bits per heavy atom. The predicted octanol–water partition coefficient (Wildman–Crippen LogP) is 6.38. The zero-order valence-corrected chi connectivity index (χ0v) is 29.1. The van der Waals surface area contributed by atoms with E-state index in [9.17, 15) is 29.4 Å². The van der Waals surface area contributed by atoms with Gasteiger partial charge < -0.3 is 34.6 Å². The maximum Gasteiger partial charge on any atom is 0.328 e. The van der Waals surface area contributed by atoms with Crippen LogP contribution in [0.5, 0.6) is 0 Å². The number of aliphatic hydroxyl groups is 1. The Morgan fingerprint density at radius 3 is 2.27 bits per heavy atom. The molecule has 7 atom stereocenters. The second-order valence-electron chi connectivity index (χ2n) is 13.8. The van der Waals surface area contributed by atoms with Crippen LogP contribution < -0.4 is 0 Å². The summed E-state index contributed by atoms with van der Waals surface area (Å²) in [6.45, 7) is 11.6. The van der Waals surface area contributed by atoms with Crippen molar-refractivity contribution >= 4 is 23.9 Å². The van der Waals surface area contributed by atoms with E-state index in [1.807, 2.05) is 13.0 Å². The molecule has 2 saturated heterocycles. The van der Waals surface area contributed by atoms with Gasteiger partial charge in [-0.05, 0) is 56.9 Å². The number of carboxylic acid groups (broad SMARTS) is 3. The Labute approximate surface area is 284 Å². The molecule has 2 rings (SSSR count). The third-order valence-corrected chi connectivity index (χ3v) is 8.80. The van der Waals surface area contributed by atoms with Gasteiger partial charge in [0.05, 0.1) is 31.2 Å². The number of ether oxygens (including phenoxy) is 3. The minimum absolute atomic E-state index is 0.180. The van der Waals surface area contributed by atoms with Crippen molar-refractivity contribution < 1.29 is 53.8 Å². The molecule has 1 spiro atoms. The van der Waals surface area contributed by atoms with Crippen molar-refractivity contribution in [1.82, 2.24) is 0 Å². The topological polar surface area (TPSA) is 177 Å². The molecule has 48 heavy (non-hydrogen) atoms. The average molecular weight is 675 g/mol. The fourth-order valence-corrected chi connectivity index (χ4v) is 6.00. The Morgan fingerprint density at radius 2 is 1.65 bits per heavy atom. The smallest absolute Gasteiger partial charge is 0.328 e. The first-order valence-electron chi connectivity index (χ1n) is 16.8. The van der Waals surface area contributed by atoms with E-state index in [4.69, 9.17) is 24.4 Å². The van der Waals surface area contributed by atoms with E-state index in [0.717, 1.165) is 30.6 Å². The van der Waals surface area contributed by atoms with Crippen LogP contribution in [0.15, 0.2) is 59.8 Å². The molecule has 0 aliphatic carbocycles. The number of carboxylic acids is 3. The fourth-order valence-electron chi connectivity index (χ4n) is 6.00. The lowest BCUT2D eigenvalue weighted by atomic mass is 9.76. The number of aliphatic hydroxyl groups excluding tert-OH is 1. The van der Waals surface area contributed by atoms with Gasteiger partial charge in [-0.3, -0.25) is 9.59 Å². The molecular weight excluding hydrogens is 620 g/mol. The standard InChI is InChI=1S/C37H54O11/c1-24(2)17-19-36(48-35(45)16-15-33(41)42)22-29(11-7-26(4)21-34(43)44)46-37(23-36)20-18-28(6)31(47-37)13-9-25(3)8-12-30(38)27(5)10-14-32(39)40/h7-12,14,21,24,27-31,38H,13,15-20,22-23H2,1-6H3,(H,39,40)(H,41,42)(H,43,44). The molecule has 7 unspecified atom stereocenters. The highest BCUT2D eigenvalue weighted by molar-refractivity contribution is 5.81. The van der Waals surface area contributed by atoms with Crippen LogP contribution in [0.3, 0.4) is 0 Å². The number of allylic oxidation sites excluding steroid dienone is 4. The zero-order valence-electron chi connectivity index (χ0n) is 29.1. The van der Waals surface area contributed by atoms with Gasteiger partial charge in [-0.2, -0.15) is 0 Å². The molecule has 2 aliphatic rings. The number of carbonyl (C=O) groups excluding carboxylic acids is 1. The van der Waals surface area contributed by atoms with Crippen molar-refractivity contribution in [3.8, 4) is 0 Å². The number of rotatable bonds is 17. The summed E-state index contributed by atoms with van der Waals surface area (Å²) in [5, 5.41) is 37.6. The van der Waals surface area contributed by atoms with Crippen molar-refractivity contribution in [2.45, 2.75) is 129 Å². The van der Waals surface area contributed by atoms with Gasteiger partial charge in [-0.1, -0.05) is 69.7 Å². The molecule has 0 aromatic rings. The summed E-state index contributed by atoms with van der Waals surface area (Å²) < 4.78 is 19.7. The second-order valence-corrected chi connectivity index (χ2v) is 13.8. The van der Waals surface area contributed by atoms with Gasteiger partial charge >= 0.3 is 23.9 Å². The minimum Gasteiger partial charge on any atom is -0.481 e. The Bertz CT molecular complexity index is 1280. The molecule has 0 bridgehead atoms. The number of hydrogen-bond acceptors (Lipinski definition) is 8. The summed E-state index contributed by atoms with van der Waals surface area (Å²) in [6.07, 6.45) is 13.9. The number of esters is 1. The number of hydrogen-bond donors (Lipinski definition) is 4. The molecule has 0 saturated carbocycles. The maximum absolute atomic E-state index is 13.0. The SMILES string of the molecule is CC(C=CC(O)C(C)C=CC(=O)O)=CCC1OC2(CCC1C)CC(CCC(C)C)(OC(=O)CCC(=O)O)CC(C=CC(C)=CC(=O)O)O2. The quantitative estimate of drug-likeness (QED) is 0.0765. The van der Waals surface area contributed by atoms with Crippen LogP contribution in [0.25, 0.3) is 0 Å². The van der Waals surface area contributed by atoms with Crippen molar-refractivity contribution in [3.05, 3.63) is 59.8 Å². The van der Waals surface area contributed by atoms with Crippen molar-refractivity contribution in [2.24, 2.45) is 17.8 Å². The molecule has 0 radical (unpaired) electrons. The normalized spacial score (nSPS) is 28.4. The lowest BCUT2D eigenvalue weighted by Gasteiger charge is -2.53. The zero-order chi connectivity index (χ0) is 36.1.